The highest BCUT2D eigenvalue weighted by Crippen LogP contribution is 2.42. The lowest BCUT2D eigenvalue weighted by atomic mass is 10.0. The van der Waals surface area contributed by atoms with Crippen molar-refractivity contribution in [3.05, 3.63) is 63.3 Å². The van der Waals surface area contributed by atoms with Gasteiger partial charge in [-0.05, 0) is 49.4 Å². The van der Waals surface area contributed by atoms with Gasteiger partial charge < -0.3 is 25.9 Å². The highest BCUT2D eigenvalue weighted by atomic mass is 16.5. The molecule has 1 aliphatic heterocycles. The fourth-order valence-corrected chi connectivity index (χ4v) is 4.72. The maximum Gasteiger partial charge on any atom is 0.350 e. The molecule has 1 aliphatic carbocycles. The molecule has 174 valence electrons. The molecule has 5 rings (SSSR count). The van der Waals surface area contributed by atoms with Gasteiger partial charge in [0.1, 0.15) is 17.9 Å². The Morgan fingerprint density at radius 2 is 1.85 bits per heavy atom. The van der Waals surface area contributed by atoms with E-state index in [0.717, 1.165) is 43.8 Å². The van der Waals surface area contributed by atoms with Crippen LogP contribution in [0.4, 0.5) is 5.69 Å². The van der Waals surface area contributed by atoms with Crippen LogP contribution < -0.4 is 37.2 Å². The fraction of sp³-hybridized carbons (Fsp3) is 0.417. The second-order valence-corrected chi connectivity index (χ2v) is 8.86. The minimum Gasteiger partial charge on any atom is -0.492 e. The monoisotopic (exact) mass is 451 g/mol. The van der Waals surface area contributed by atoms with Gasteiger partial charge in [-0.15, -0.1) is 0 Å². The Hall–Kier alpha value is -3.46. The van der Waals surface area contributed by atoms with E-state index in [2.05, 4.69) is 4.90 Å². The Kier molecular flexibility index (Phi) is 5.49. The summed E-state index contributed by atoms with van der Waals surface area (Å²) < 4.78 is 14.0. The molecule has 1 saturated heterocycles. The smallest absolute Gasteiger partial charge is 0.350 e. The number of hydrogen-bond acceptors (Lipinski definition) is 7. The lowest BCUT2D eigenvalue weighted by Crippen LogP contribution is -2.44. The molecule has 9 heteroatoms. The number of methoxy groups -OCH3 is 1. The number of anilines is 1. The summed E-state index contributed by atoms with van der Waals surface area (Å²) in [6.45, 7) is 1.98. The van der Waals surface area contributed by atoms with Gasteiger partial charge in [0, 0.05) is 25.2 Å². The van der Waals surface area contributed by atoms with Crippen molar-refractivity contribution < 1.29 is 9.47 Å². The second kappa shape index (κ2) is 8.47. The normalized spacial score (nSPS) is 19.1. The molecule has 0 unspecified atom stereocenters. The van der Waals surface area contributed by atoms with Crippen molar-refractivity contribution in [3.63, 3.8) is 0 Å². The molecule has 3 aromatic rings. The number of aromatic nitrogens is 2. The van der Waals surface area contributed by atoms with Crippen LogP contribution in [0.2, 0.25) is 0 Å². The van der Waals surface area contributed by atoms with E-state index >= 15 is 0 Å². The third-order valence-corrected chi connectivity index (χ3v) is 6.69. The lowest BCUT2D eigenvalue weighted by molar-refractivity contribution is 0.253. The minimum atomic E-state index is -0.517. The van der Waals surface area contributed by atoms with E-state index in [-0.39, 0.29) is 18.0 Å². The van der Waals surface area contributed by atoms with E-state index < -0.39 is 11.2 Å². The maximum atomic E-state index is 12.8. The van der Waals surface area contributed by atoms with E-state index in [9.17, 15) is 9.59 Å². The molecule has 2 atom stereocenters. The van der Waals surface area contributed by atoms with Crippen molar-refractivity contribution in [3.8, 4) is 11.5 Å². The molecule has 4 N–H and O–H groups in total. The molecule has 1 saturated carbocycles. The summed E-state index contributed by atoms with van der Waals surface area (Å²) in [4.78, 5) is 27.7. The molecule has 1 aromatic heterocycles. The number of benzene rings is 2. The van der Waals surface area contributed by atoms with Crippen molar-refractivity contribution in [2.75, 3.05) is 37.5 Å². The second-order valence-electron chi connectivity index (χ2n) is 8.86. The molecule has 2 aromatic carbocycles. The Morgan fingerprint density at radius 3 is 2.55 bits per heavy atom. The summed E-state index contributed by atoms with van der Waals surface area (Å²) in [5.74, 6) is 7.37. The first-order valence-electron chi connectivity index (χ1n) is 11.3. The van der Waals surface area contributed by atoms with Crippen LogP contribution in [-0.4, -0.2) is 42.1 Å². The summed E-state index contributed by atoms with van der Waals surface area (Å²) >= 11 is 0. The van der Waals surface area contributed by atoms with Crippen LogP contribution in [-0.2, 0) is 0 Å². The zero-order valence-electron chi connectivity index (χ0n) is 18.6. The number of hydrogen-bond donors (Lipinski definition) is 2. The molecule has 0 radical (unpaired) electrons. The van der Waals surface area contributed by atoms with Gasteiger partial charge >= 0.3 is 5.69 Å². The zero-order valence-corrected chi connectivity index (χ0v) is 18.6. The standard InChI is InChI=1S/C24H29N5O4/c1-32-22-20(10-9-18-21(22)28(16-7-8-16)24(31)29(26)23(18)30)27-12-11-15(13-27)19(25)14-33-17-5-3-2-4-6-17/h2-6,9-10,15-16,19H,7-8,11-14,25-26H2,1H3/t15-,19-/m1/s1. The first-order valence-corrected chi connectivity index (χ1v) is 11.3. The number of rotatable bonds is 7. The summed E-state index contributed by atoms with van der Waals surface area (Å²) in [5, 5.41) is 0.383. The first-order chi connectivity index (χ1) is 16.0. The summed E-state index contributed by atoms with van der Waals surface area (Å²) in [6, 6.07) is 13.2. The quantitative estimate of drug-likeness (QED) is 0.522. The third kappa shape index (κ3) is 3.82. The summed E-state index contributed by atoms with van der Waals surface area (Å²) in [5.41, 5.74) is 6.82. The molecule has 2 aliphatic rings. The van der Waals surface area contributed by atoms with E-state index in [1.54, 1.807) is 17.7 Å². The van der Waals surface area contributed by atoms with Gasteiger partial charge in [-0.1, -0.05) is 18.2 Å². The molecule has 0 spiro atoms. The zero-order chi connectivity index (χ0) is 23.1. The van der Waals surface area contributed by atoms with Crippen LogP contribution in [0.5, 0.6) is 11.5 Å². The largest absolute Gasteiger partial charge is 0.492 e. The number of para-hydroxylation sites is 1. The molecular weight excluding hydrogens is 422 g/mol. The van der Waals surface area contributed by atoms with Gasteiger partial charge in [0.25, 0.3) is 5.56 Å². The maximum absolute atomic E-state index is 12.8. The van der Waals surface area contributed by atoms with Gasteiger partial charge in [0.05, 0.1) is 18.2 Å². The number of ether oxygens (including phenoxy) is 2. The van der Waals surface area contributed by atoms with Crippen LogP contribution in [0.1, 0.15) is 25.3 Å². The molecule has 0 amide bonds. The van der Waals surface area contributed by atoms with Gasteiger partial charge in [0.15, 0.2) is 5.75 Å². The SMILES string of the molecule is COc1c(N2CC[C@@H]([C@H](N)COc3ccccc3)C2)ccc2c(=O)n(N)c(=O)n(C3CC3)c12. The average molecular weight is 452 g/mol. The van der Waals surface area contributed by atoms with E-state index in [1.165, 1.54) is 0 Å². The van der Waals surface area contributed by atoms with E-state index in [4.69, 9.17) is 21.1 Å². The van der Waals surface area contributed by atoms with Gasteiger partial charge in [-0.2, -0.15) is 4.68 Å². The number of fused-ring (bicyclic) bond motifs is 1. The molecule has 0 bridgehead atoms. The van der Waals surface area contributed by atoms with Crippen molar-refractivity contribution in [1.29, 1.82) is 0 Å². The van der Waals surface area contributed by atoms with Crippen LogP contribution in [0.3, 0.4) is 0 Å². The van der Waals surface area contributed by atoms with Gasteiger partial charge in [0.2, 0.25) is 0 Å². The highest BCUT2D eigenvalue weighted by molar-refractivity contribution is 5.90. The fourth-order valence-electron chi connectivity index (χ4n) is 4.72. The summed E-state index contributed by atoms with van der Waals surface area (Å²) in [6.07, 6.45) is 2.67. The predicted octanol–water partition coefficient (Wildman–Crippen LogP) is 1.45. The average Bonchev–Trinajstić information content (AvgIpc) is 3.55. The Balaban J connectivity index is 1.43. The Bertz CT molecular complexity index is 1280. The summed E-state index contributed by atoms with van der Waals surface area (Å²) in [7, 11) is 1.57. The van der Waals surface area contributed by atoms with Crippen molar-refractivity contribution in [1.82, 2.24) is 9.24 Å². The Morgan fingerprint density at radius 1 is 1.09 bits per heavy atom. The lowest BCUT2D eigenvalue weighted by Gasteiger charge is -2.25. The van der Waals surface area contributed by atoms with Crippen molar-refractivity contribution in [2.24, 2.45) is 11.7 Å². The topological polar surface area (TPSA) is 118 Å². The number of nitrogen functional groups attached to an aromatic ring is 1. The van der Waals surface area contributed by atoms with Crippen LogP contribution >= 0.6 is 0 Å². The molecule has 33 heavy (non-hydrogen) atoms. The van der Waals surface area contributed by atoms with Crippen LogP contribution in [0.15, 0.2) is 52.1 Å². The van der Waals surface area contributed by atoms with Crippen molar-refractivity contribution in [2.45, 2.75) is 31.3 Å². The third-order valence-electron chi connectivity index (χ3n) is 6.69. The van der Waals surface area contributed by atoms with Crippen molar-refractivity contribution >= 4 is 16.6 Å². The number of nitrogens with two attached hydrogens (primary N) is 2. The molecule has 2 heterocycles. The molecular formula is C24H29N5O4. The van der Waals surface area contributed by atoms with Crippen LogP contribution in [0.25, 0.3) is 10.9 Å². The minimum absolute atomic E-state index is 0.0365. The molecule has 9 nitrogen and oxygen atoms in total. The number of nitrogens with zero attached hydrogens (tertiary/aromatic N) is 3. The first kappa shape index (κ1) is 21.4. The van der Waals surface area contributed by atoms with E-state index in [1.807, 2.05) is 36.4 Å². The van der Waals surface area contributed by atoms with Gasteiger partial charge in [-0.3, -0.25) is 9.36 Å². The predicted molar refractivity (Wildman–Crippen MR) is 128 cm³/mol. The Labute approximate surface area is 191 Å². The highest BCUT2D eigenvalue weighted by Gasteiger charge is 2.33. The molecule has 2 fully saturated rings. The van der Waals surface area contributed by atoms with Gasteiger partial charge in [-0.25, -0.2) is 4.79 Å². The van der Waals surface area contributed by atoms with Crippen LogP contribution in [0, 0.1) is 5.92 Å². The van der Waals surface area contributed by atoms with E-state index in [0.29, 0.717) is 27.9 Å².